The van der Waals surface area contributed by atoms with Crippen molar-refractivity contribution in [3.63, 3.8) is 0 Å². The monoisotopic (exact) mass is 260 g/mol. The maximum atomic E-state index is 11.2. The van der Waals surface area contributed by atoms with Gasteiger partial charge in [-0.3, -0.25) is 4.79 Å². The minimum absolute atomic E-state index is 0.0764. The molecule has 0 aliphatic heterocycles. The second-order valence-electron chi connectivity index (χ2n) is 4.00. The van der Waals surface area contributed by atoms with Gasteiger partial charge in [0.15, 0.2) is 5.78 Å². The molecule has 2 aromatic rings. The zero-order valence-corrected chi connectivity index (χ0v) is 10.7. The van der Waals surface area contributed by atoms with E-state index in [0.717, 1.165) is 21.7 Å². The highest BCUT2D eigenvalue weighted by Crippen LogP contribution is 2.20. The fourth-order valence-corrected chi connectivity index (χ4v) is 2.57. The molecule has 0 aliphatic carbocycles. The van der Waals surface area contributed by atoms with Crippen LogP contribution in [0.15, 0.2) is 36.4 Å². The minimum atomic E-state index is -0.920. The molecular formula is C14H12O3S. The van der Waals surface area contributed by atoms with E-state index in [1.807, 2.05) is 12.1 Å². The molecule has 0 atom stereocenters. The summed E-state index contributed by atoms with van der Waals surface area (Å²) in [6, 6.07) is 10.6. The number of Topliss-reactive ketones (excluding diaryl/α,β-unsaturated/α-hetero) is 1. The molecule has 0 aliphatic rings. The number of aromatic carboxylic acids is 1. The summed E-state index contributed by atoms with van der Waals surface area (Å²) in [5.74, 6) is -0.844. The van der Waals surface area contributed by atoms with Crippen molar-refractivity contribution in [3.05, 3.63) is 57.3 Å². The molecule has 0 spiro atoms. The van der Waals surface area contributed by atoms with Gasteiger partial charge in [0, 0.05) is 11.3 Å². The van der Waals surface area contributed by atoms with E-state index in [9.17, 15) is 9.59 Å². The Morgan fingerprint density at radius 2 is 1.78 bits per heavy atom. The molecular weight excluding hydrogens is 248 g/mol. The van der Waals surface area contributed by atoms with Crippen LogP contribution in [0.1, 0.15) is 37.4 Å². The van der Waals surface area contributed by atoms with Gasteiger partial charge in [0.2, 0.25) is 0 Å². The van der Waals surface area contributed by atoms with Crippen molar-refractivity contribution in [2.45, 2.75) is 13.3 Å². The molecule has 1 N–H and O–H groups in total. The molecule has 4 heteroatoms. The van der Waals surface area contributed by atoms with Crippen LogP contribution in [0.25, 0.3) is 0 Å². The molecule has 0 bridgehead atoms. The Bertz CT molecular complexity index is 581. The van der Waals surface area contributed by atoms with Crippen LogP contribution in [0, 0.1) is 0 Å². The molecule has 18 heavy (non-hydrogen) atoms. The Balaban J connectivity index is 2.13. The summed E-state index contributed by atoms with van der Waals surface area (Å²) in [5, 5.41) is 8.79. The van der Waals surface area contributed by atoms with E-state index >= 15 is 0 Å². The first-order chi connectivity index (χ1) is 8.56. The second-order valence-corrected chi connectivity index (χ2v) is 5.17. The highest BCUT2D eigenvalue weighted by molar-refractivity contribution is 7.14. The number of benzene rings is 1. The van der Waals surface area contributed by atoms with E-state index in [1.54, 1.807) is 31.2 Å². The van der Waals surface area contributed by atoms with Gasteiger partial charge in [-0.1, -0.05) is 12.1 Å². The summed E-state index contributed by atoms with van der Waals surface area (Å²) in [6.45, 7) is 1.55. The van der Waals surface area contributed by atoms with E-state index in [2.05, 4.69) is 0 Å². The van der Waals surface area contributed by atoms with E-state index in [4.69, 9.17) is 5.11 Å². The molecule has 2 rings (SSSR count). The summed E-state index contributed by atoms with van der Waals surface area (Å²) < 4.78 is 0. The van der Waals surface area contributed by atoms with E-state index in [1.165, 1.54) is 11.3 Å². The number of carboxylic acid groups (broad SMARTS) is 1. The normalized spacial score (nSPS) is 10.3. The molecule has 1 aromatic carbocycles. The number of carbonyl (C=O) groups excluding carboxylic acids is 1. The van der Waals surface area contributed by atoms with Crippen molar-refractivity contribution in [2.75, 3.05) is 0 Å². The predicted octanol–water partition coefficient (Wildman–Crippen LogP) is 3.24. The van der Waals surface area contributed by atoms with Gasteiger partial charge in [0.1, 0.15) is 0 Å². The van der Waals surface area contributed by atoms with Gasteiger partial charge in [0.25, 0.3) is 0 Å². The summed E-state index contributed by atoms with van der Waals surface area (Å²) in [6.07, 6.45) is 0.720. The van der Waals surface area contributed by atoms with Gasteiger partial charge in [-0.15, -0.1) is 11.3 Å². The van der Waals surface area contributed by atoms with Crippen molar-refractivity contribution in [1.82, 2.24) is 0 Å². The quantitative estimate of drug-likeness (QED) is 0.858. The van der Waals surface area contributed by atoms with Crippen LogP contribution >= 0.6 is 11.3 Å². The number of hydrogen-bond acceptors (Lipinski definition) is 3. The van der Waals surface area contributed by atoms with Crippen LogP contribution in [0.5, 0.6) is 0 Å². The Hall–Kier alpha value is -1.94. The third-order valence-electron chi connectivity index (χ3n) is 2.59. The molecule has 0 unspecified atom stereocenters. The smallest absolute Gasteiger partial charge is 0.335 e. The van der Waals surface area contributed by atoms with E-state index in [0.29, 0.717) is 0 Å². The summed E-state index contributed by atoms with van der Waals surface area (Å²) in [4.78, 5) is 23.7. The number of rotatable bonds is 4. The molecule has 92 valence electrons. The molecule has 0 fully saturated rings. The van der Waals surface area contributed by atoms with Crippen molar-refractivity contribution in [1.29, 1.82) is 0 Å². The predicted molar refractivity (Wildman–Crippen MR) is 70.5 cm³/mol. The van der Waals surface area contributed by atoms with Crippen LogP contribution in [-0.2, 0) is 6.42 Å². The average Bonchev–Trinajstić information content (AvgIpc) is 2.78. The molecule has 1 heterocycles. The van der Waals surface area contributed by atoms with Crippen molar-refractivity contribution >= 4 is 23.1 Å². The Kier molecular flexibility index (Phi) is 3.58. The largest absolute Gasteiger partial charge is 0.478 e. The van der Waals surface area contributed by atoms with Gasteiger partial charge in [-0.25, -0.2) is 4.79 Å². The van der Waals surface area contributed by atoms with Crippen LogP contribution < -0.4 is 0 Å². The van der Waals surface area contributed by atoms with Gasteiger partial charge in [-0.05, 0) is 36.8 Å². The zero-order chi connectivity index (χ0) is 13.1. The zero-order valence-electron chi connectivity index (χ0n) is 9.84. The number of ketones is 1. The van der Waals surface area contributed by atoms with Crippen molar-refractivity contribution in [2.24, 2.45) is 0 Å². The van der Waals surface area contributed by atoms with Gasteiger partial charge in [-0.2, -0.15) is 0 Å². The fourth-order valence-electron chi connectivity index (χ4n) is 1.63. The molecule has 0 radical (unpaired) electrons. The van der Waals surface area contributed by atoms with Gasteiger partial charge >= 0.3 is 5.97 Å². The first-order valence-corrected chi connectivity index (χ1v) is 6.30. The Labute approximate surface area is 109 Å². The lowest BCUT2D eigenvalue weighted by Gasteiger charge is -1.99. The van der Waals surface area contributed by atoms with Crippen LogP contribution in [0.3, 0.4) is 0 Å². The number of hydrogen-bond donors (Lipinski definition) is 1. The van der Waals surface area contributed by atoms with Crippen LogP contribution in [-0.4, -0.2) is 16.9 Å². The van der Waals surface area contributed by atoms with Crippen molar-refractivity contribution < 1.29 is 14.7 Å². The summed E-state index contributed by atoms with van der Waals surface area (Å²) in [7, 11) is 0. The lowest BCUT2D eigenvalue weighted by Crippen LogP contribution is -1.96. The number of thiophene rings is 1. The second kappa shape index (κ2) is 5.14. The Morgan fingerprint density at radius 1 is 1.11 bits per heavy atom. The molecule has 0 saturated heterocycles. The van der Waals surface area contributed by atoms with Crippen molar-refractivity contribution in [3.8, 4) is 0 Å². The molecule has 0 amide bonds. The highest BCUT2D eigenvalue weighted by Gasteiger charge is 2.06. The van der Waals surface area contributed by atoms with E-state index in [-0.39, 0.29) is 11.3 Å². The first-order valence-electron chi connectivity index (χ1n) is 5.48. The standard InChI is InChI=1S/C14H12O3S/c1-9(15)13-7-6-12(18-13)8-10-2-4-11(5-3-10)14(16)17/h2-7H,8H2,1H3,(H,16,17). The topological polar surface area (TPSA) is 54.4 Å². The fraction of sp³-hybridized carbons (Fsp3) is 0.143. The highest BCUT2D eigenvalue weighted by atomic mass is 32.1. The maximum absolute atomic E-state index is 11.2. The third kappa shape index (κ3) is 2.84. The minimum Gasteiger partial charge on any atom is -0.478 e. The third-order valence-corrected chi connectivity index (χ3v) is 3.77. The summed E-state index contributed by atoms with van der Waals surface area (Å²) in [5.41, 5.74) is 1.33. The SMILES string of the molecule is CC(=O)c1ccc(Cc2ccc(C(=O)O)cc2)s1. The number of carbonyl (C=O) groups is 2. The molecule has 1 aromatic heterocycles. The summed E-state index contributed by atoms with van der Waals surface area (Å²) >= 11 is 1.48. The first kappa shape index (κ1) is 12.5. The average molecular weight is 260 g/mol. The van der Waals surface area contributed by atoms with Gasteiger partial charge < -0.3 is 5.11 Å². The van der Waals surface area contributed by atoms with Crippen LogP contribution in [0.4, 0.5) is 0 Å². The molecule has 0 saturated carbocycles. The maximum Gasteiger partial charge on any atom is 0.335 e. The lowest BCUT2D eigenvalue weighted by atomic mass is 10.1. The van der Waals surface area contributed by atoms with Gasteiger partial charge in [0.05, 0.1) is 10.4 Å². The number of carboxylic acids is 1. The Morgan fingerprint density at radius 3 is 2.28 bits per heavy atom. The van der Waals surface area contributed by atoms with E-state index < -0.39 is 5.97 Å². The lowest BCUT2D eigenvalue weighted by molar-refractivity contribution is 0.0696. The van der Waals surface area contributed by atoms with Crippen LogP contribution in [0.2, 0.25) is 0 Å². The molecule has 3 nitrogen and oxygen atoms in total.